The number of hydrogen-bond acceptors (Lipinski definition) is 5. The highest BCUT2D eigenvalue weighted by Crippen LogP contribution is 2.25. The summed E-state index contributed by atoms with van der Waals surface area (Å²) in [5.74, 6) is 2.60. The van der Waals surface area contributed by atoms with E-state index in [2.05, 4.69) is 26.8 Å². The molecular weight excluding hydrogens is 456 g/mol. The molecule has 0 radical (unpaired) electrons. The predicted molar refractivity (Wildman–Crippen MR) is 137 cm³/mol. The van der Waals surface area contributed by atoms with Gasteiger partial charge in [-0.1, -0.05) is 36.3 Å². The van der Waals surface area contributed by atoms with E-state index in [1.807, 2.05) is 12.1 Å². The minimum absolute atomic E-state index is 0.0658. The number of rotatable bonds is 8. The molecule has 1 aromatic heterocycles. The zero-order valence-corrected chi connectivity index (χ0v) is 19.3. The Kier molecular flexibility index (Phi) is 7.17. The Bertz CT molecular complexity index is 1470. The van der Waals surface area contributed by atoms with Crippen LogP contribution < -0.4 is 15.4 Å². The molecule has 178 valence electrons. The van der Waals surface area contributed by atoms with Gasteiger partial charge in [-0.25, -0.2) is 0 Å². The van der Waals surface area contributed by atoms with Crippen LogP contribution in [-0.2, 0) is 7.05 Å². The molecule has 0 saturated carbocycles. The number of carbonyl (C=O) groups is 2. The first-order valence-electron chi connectivity index (χ1n) is 10.9. The third kappa shape index (κ3) is 5.46. The van der Waals surface area contributed by atoms with E-state index in [0.717, 1.165) is 5.56 Å². The second kappa shape index (κ2) is 10.8. The minimum Gasteiger partial charge on any atom is -0.706 e. The maximum atomic E-state index is 12.7. The van der Waals surface area contributed by atoms with Gasteiger partial charge >= 0.3 is 0 Å². The summed E-state index contributed by atoms with van der Waals surface area (Å²) >= 11 is 0. The molecule has 36 heavy (non-hydrogen) atoms. The van der Waals surface area contributed by atoms with E-state index in [1.54, 1.807) is 72.4 Å². The van der Waals surface area contributed by atoms with Crippen molar-refractivity contribution in [1.82, 2.24) is 9.78 Å². The lowest BCUT2D eigenvalue weighted by Gasteiger charge is -2.10. The number of aromatic nitrogens is 2. The molecule has 0 bridgehead atoms. The first kappa shape index (κ1) is 23.9. The second-order valence-corrected chi connectivity index (χ2v) is 7.66. The summed E-state index contributed by atoms with van der Waals surface area (Å²) in [6.07, 6.45) is 5.25. The lowest BCUT2D eigenvalue weighted by atomic mass is 10.1. The van der Waals surface area contributed by atoms with Gasteiger partial charge in [-0.2, -0.15) is 5.10 Å². The van der Waals surface area contributed by atoms with Gasteiger partial charge < -0.3 is 26.0 Å². The van der Waals surface area contributed by atoms with Gasteiger partial charge in [0.25, 0.3) is 11.8 Å². The average Bonchev–Trinajstić information content (AvgIpc) is 3.27. The van der Waals surface area contributed by atoms with Crippen LogP contribution in [0.2, 0.25) is 0 Å². The number of carbonyl (C=O) groups excluding carboxylic acids is 2. The highest BCUT2D eigenvalue weighted by molar-refractivity contribution is 6.06. The van der Waals surface area contributed by atoms with Crippen LogP contribution in [0.15, 0.2) is 84.0 Å². The number of anilines is 2. The van der Waals surface area contributed by atoms with Gasteiger partial charge in [0.05, 0.1) is 11.3 Å². The van der Waals surface area contributed by atoms with Crippen LogP contribution >= 0.6 is 0 Å². The third-order valence-corrected chi connectivity index (χ3v) is 5.23. The van der Waals surface area contributed by atoms with Crippen molar-refractivity contribution in [2.75, 3.05) is 17.2 Å². The Hall–Kier alpha value is -5.23. The van der Waals surface area contributed by atoms with Crippen LogP contribution in [0, 0.1) is 12.3 Å². The van der Waals surface area contributed by atoms with Crippen LogP contribution in [-0.4, -0.2) is 28.2 Å². The molecule has 2 N–H and O–H groups in total. The number of nitrogens with one attached hydrogen (secondary N) is 2. The Balaban J connectivity index is 1.45. The predicted octanol–water partition coefficient (Wildman–Crippen LogP) is 5.26. The highest BCUT2D eigenvalue weighted by atomic mass is 16.5. The van der Waals surface area contributed by atoms with Crippen molar-refractivity contribution in [3.8, 4) is 29.4 Å². The molecular formula is C27H21N6O3-. The summed E-state index contributed by atoms with van der Waals surface area (Å²) in [4.78, 5) is 25.3. The minimum atomic E-state index is -0.361. The zero-order chi connectivity index (χ0) is 25.5. The zero-order valence-electron chi connectivity index (χ0n) is 19.3. The number of amides is 2. The molecule has 1 heterocycles. The number of aryl methyl sites for hydroxylation is 1. The van der Waals surface area contributed by atoms with E-state index in [9.17, 15) is 9.59 Å². The van der Waals surface area contributed by atoms with Gasteiger partial charge in [-0.3, -0.25) is 14.3 Å². The van der Waals surface area contributed by atoms with Gasteiger partial charge in [0.1, 0.15) is 18.2 Å². The van der Waals surface area contributed by atoms with Gasteiger partial charge in [-0.05, 0) is 42.5 Å². The van der Waals surface area contributed by atoms with Crippen LogP contribution in [0.5, 0.6) is 5.75 Å². The molecule has 0 aliphatic carbocycles. The quantitative estimate of drug-likeness (QED) is 0.266. The van der Waals surface area contributed by atoms with Crippen molar-refractivity contribution in [3.05, 3.63) is 95.5 Å². The first-order chi connectivity index (χ1) is 17.5. The summed E-state index contributed by atoms with van der Waals surface area (Å²) < 4.78 is 7.00. The smallest absolute Gasteiger partial charge is 0.259 e. The van der Waals surface area contributed by atoms with E-state index in [4.69, 9.17) is 16.7 Å². The Morgan fingerprint density at radius 2 is 1.81 bits per heavy atom. The molecule has 0 aliphatic rings. The molecule has 0 fully saturated rings. The topological polar surface area (TPSA) is 120 Å². The fourth-order valence-corrected chi connectivity index (χ4v) is 3.45. The largest absolute Gasteiger partial charge is 0.706 e. The van der Waals surface area contributed by atoms with E-state index >= 15 is 0 Å². The van der Waals surface area contributed by atoms with Crippen molar-refractivity contribution in [2.45, 2.75) is 0 Å². The summed E-state index contributed by atoms with van der Waals surface area (Å²) in [6, 6.07) is 22.0. The molecule has 3 aromatic carbocycles. The van der Waals surface area contributed by atoms with Crippen LogP contribution in [0.25, 0.3) is 16.8 Å². The molecule has 4 rings (SSSR count). The average molecular weight is 478 g/mol. The molecule has 9 nitrogen and oxygen atoms in total. The summed E-state index contributed by atoms with van der Waals surface area (Å²) in [6.45, 7) is 0.0658. The Morgan fingerprint density at radius 3 is 2.56 bits per heavy atom. The van der Waals surface area contributed by atoms with Gasteiger partial charge in [0.2, 0.25) is 0 Å². The van der Waals surface area contributed by atoms with E-state index in [1.165, 1.54) is 6.07 Å². The molecule has 9 heteroatoms. The number of para-hydroxylation sites is 1. The summed E-state index contributed by atoms with van der Waals surface area (Å²) in [7, 11) is 1.72. The maximum absolute atomic E-state index is 12.7. The fraction of sp³-hybridized carbons (Fsp3) is 0.0741. The van der Waals surface area contributed by atoms with Crippen LogP contribution in [0.3, 0.4) is 0 Å². The highest BCUT2D eigenvalue weighted by Gasteiger charge is 2.14. The third-order valence-electron chi connectivity index (χ3n) is 5.23. The molecule has 0 aliphatic heterocycles. The second-order valence-electron chi connectivity index (χ2n) is 7.66. The van der Waals surface area contributed by atoms with E-state index in [-0.39, 0.29) is 24.1 Å². The van der Waals surface area contributed by atoms with Crippen LogP contribution in [0.4, 0.5) is 17.2 Å². The lowest BCUT2D eigenvalue weighted by Crippen LogP contribution is -2.14. The number of ether oxygens (including phenoxy) is 1. The van der Waals surface area contributed by atoms with Gasteiger partial charge in [0.15, 0.2) is 0 Å². The normalized spacial score (nSPS) is 10.2. The van der Waals surface area contributed by atoms with Crippen molar-refractivity contribution >= 4 is 29.0 Å². The molecule has 0 atom stereocenters. The number of benzene rings is 3. The summed E-state index contributed by atoms with van der Waals surface area (Å²) in [5, 5.41) is 13.2. The van der Waals surface area contributed by atoms with Crippen molar-refractivity contribution in [2.24, 2.45) is 12.2 Å². The van der Waals surface area contributed by atoms with E-state index in [0.29, 0.717) is 34.1 Å². The number of nitrogens with zero attached hydrogens (tertiary/aromatic N) is 4. The Labute approximate surface area is 207 Å². The van der Waals surface area contributed by atoms with E-state index < -0.39 is 0 Å². The van der Waals surface area contributed by atoms with Gasteiger partial charge in [0, 0.05) is 35.6 Å². The van der Waals surface area contributed by atoms with Crippen molar-refractivity contribution in [1.29, 1.82) is 0 Å². The Morgan fingerprint density at radius 1 is 1.03 bits per heavy atom. The van der Waals surface area contributed by atoms with Crippen LogP contribution in [0.1, 0.15) is 20.7 Å². The summed E-state index contributed by atoms with van der Waals surface area (Å²) in [5.41, 5.74) is 11.9. The monoisotopic (exact) mass is 477 g/mol. The SMILES string of the molecule is C#CCOc1ccccc1C(=O)Nc1ccc(-c2cc(NC(=O)c3cccc(N=[N-])c3)n(C)n2)cc1. The fourth-order valence-electron chi connectivity index (χ4n) is 3.45. The standard InChI is InChI=1S/C27H21N6O3/c1-3-15-36-24-10-5-4-9-22(24)27(35)29-20-13-11-18(12-14-20)23-17-25(33(2)32-23)30-26(34)19-7-6-8-21(16-19)31-28/h1,4-14,16-17H,15H2,2H3,(H,29,35)(H,30,34)/q-1. The molecule has 4 aromatic rings. The maximum Gasteiger partial charge on any atom is 0.259 e. The molecule has 2 amide bonds. The lowest BCUT2D eigenvalue weighted by molar-refractivity contribution is 0.101. The number of hydrogen-bond donors (Lipinski definition) is 2. The molecule has 0 spiro atoms. The van der Waals surface area contributed by atoms with Crippen molar-refractivity contribution in [3.63, 3.8) is 0 Å². The molecule has 0 unspecified atom stereocenters. The first-order valence-corrected chi connectivity index (χ1v) is 10.9. The number of terminal acetylenes is 1. The molecule has 0 saturated heterocycles. The van der Waals surface area contributed by atoms with Gasteiger partial charge in [-0.15, -0.1) is 6.42 Å². The van der Waals surface area contributed by atoms with Crippen molar-refractivity contribution < 1.29 is 14.3 Å².